The molecule has 1 heterocycles. The molecule has 6 nitrogen and oxygen atoms in total. The van der Waals surface area contributed by atoms with Gasteiger partial charge in [-0.15, -0.1) is 5.10 Å². The SMILES string of the molecule is CCc1nnc(NC(CO)CO)c(C#N)c1CC. The van der Waals surface area contributed by atoms with E-state index in [1.54, 1.807) is 0 Å². The summed E-state index contributed by atoms with van der Waals surface area (Å²) in [6.45, 7) is 3.44. The van der Waals surface area contributed by atoms with Gasteiger partial charge in [-0.3, -0.25) is 0 Å². The summed E-state index contributed by atoms with van der Waals surface area (Å²) < 4.78 is 0. The minimum atomic E-state index is -0.538. The van der Waals surface area contributed by atoms with Gasteiger partial charge in [-0.25, -0.2) is 0 Å². The predicted molar refractivity (Wildman–Crippen MR) is 67.1 cm³/mol. The first-order chi connectivity index (χ1) is 8.71. The molecule has 0 aromatic carbocycles. The molecule has 0 aliphatic rings. The molecule has 0 spiro atoms. The first-order valence-corrected chi connectivity index (χ1v) is 5.98. The number of aryl methyl sites for hydroxylation is 1. The average Bonchev–Trinajstić information content (AvgIpc) is 2.43. The van der Waals surface area contributed by atoms with Crippen LogP contribution in [0.1, 0.15) is 30.7 Å². The highest BCUT2D eigenvalue weighted by Gasteiger charge is 2.16. The van der Waals surface area contributed by atoms with E-state index in [4.69, 9.17) is 10.2 Å². The molecule has 0 bridgehead atoms. The Hall–Kier alpha value is -1.71. The van der Waals surface area contributed by atoms with Crippen molar-refractivity contribution in [2.24, 2.45) is 0 Å². The van der Waals surface area contributed by atoms with Gasteiger partial charge in [0.2, 0.25) is 0 Å². The molecule has 0 unspecified atom stereocenters. The zero-order valence-corrected chi connectivity index (χ0v) is 10.6. The van der Waals surface area contributed by atoms with Crippen LogP contribution in [0.25, 0.3) is 0 Å². The maximum Gasteiger partial charge on any atom is 0.167 e. The number of anilines is 1. The molecule has 1 aromatic heterocycles. The van der Waals surface area contributed by atoms with E-state index in [0.29, 0.717) is 24.2 Å². The Bertz CT molecular complexity index is 438. The molecule has 0 radical (unpaired) electrons. The molecular formula is C12H18N4O2. The molecule has 0 atom stereocenters. The van der Waals surface area contributed by atoms with Gasteiger partial charge < -0.3 is 15.5 Å². The van der Waals surface area contributed by atoms with Crippen molar-refractivity contribution < 1.29 is 10.2 Å². The number of aliphatic hydroxyl groups excluding tert-OH is 2. The van der Waals surface area contributed by atoms with Crippen LogP contribution in [0.2, 0.25) is 0 Å². The smallest absolute Gasteiger partial charge is 0.167 e. The van der Waals surface area contributed by atoms with Gasteiger partial charge in [0.25, 0.3) is 0 Å². The van der Waals surface area contributed by atoms with Gasteiger partial charge in [0, 0.05) is 0 Å². The van der Waals surface area contributed by atoms with Crippen molar-refractivity contribution >= 4 is 5.82 Å². The number of aliphatic hydroxyl groups is 2. The lowest BCUT2D eigenvalue weighted by molar-refractivity contribution is 0.203. The van der Waals surface area contributed by atoms with Crippen molar-refractivity contribution in [3.63, 3.8) is 0 Å². The minimum absolute atomic E-state index is 0.236. The number of nitriles is 1. The molecule has 0 aliphatic heterocycles. The third kappa shape index (κ3) is 2.94. The molecule has 0 saturated heterocycles. The van der Waals surface area contributed by atoms with Gasteiger partial charge in [-0.2, -0.15) is 10.4 Å². The van der Waals surface area contributed by atoms with Crippen LogP contribution >= 0.6 is 0 Å². The molecule has 0 amide bonds. The van der Waals surface area contributed by atoms with Gasteiger partial charge in [0.1, 0.15) is 11.6 Å². The van der Waals surface area contributed by atoms with Gasteiger partial charge in [-0.05, 0) is 18.4 Å². The fourth-order valence-electron chi connectivity index (χ4n) is 1.74. The van der Waals surface area contributed by atoms with Crippen LogP contribution < -0.4 is 5.32 Å². The van der Waals surface area contributed by atoms with Crippen LogP contribution in [-0.2, 0) is 12.8 Å². The Labute approximate surface area is 106 Å². The van der Waals surface area contributed by atoms with E-state index < -0.39 is 6.04 Å². The van der Waals surface area contributed by atoms with Crippen LogP contribution in [0.15, 0.2) is 0 Å². The summed E-state index contributed by atoms with van der Waals surface area (Å²) >= 11 is 0. The summed E-state index contributed by atoms with van der Waals surface area (Å²) in [5.41, 5.74) is 2.12. The minimum Gasteiger partial charge on any atom is -0.394 e. The van der Waals surface area contributed by atoms with E-state index in [0.717, 1.165) is 11.3 Å². The van der Waals surface area contributed by atoms with Crippen molar-refractivity contribution in [2.75, 3.05) is 18.5 Å². The van der Waals surface area contributed by atoms with Gasteiger partial charge >= 0.3 is 0 Å². The Kier molecular flexibility index (Phi) is 5.49. The lowest BCUT2D eigenvalue weighted by atomic mass is 10.0. The maximum absolute atomic E-state index is 9.23. The number of rotatable bonds is 6. The molecule has 1 rings (SSSR count). The molecule has 98 valence electrons. The van der Waals surface area contributed by atoms with Crippen LogP contribution in [0.4, 0.5) is 5.82 Å². The first-order valence-electron chi connectivity index (χ1n) is 5.98. The van der Waals surface area contributed by atoms with E-state index in [-0.39, 0.29) is 13.2 Å². The zero-order valence-electron chi connectivity index (χ0n) is 10.6. The summed E-state index contributed by atoms with van der Waals surface area (Å²) in [7, 11) is 0. The second kappa shape index (κ2) is 6.89. The van der Waals surface area contributed by atoms with E-state index in [2.05, 4.69) is 21.6 Å². The number of hydrogen-bond donors (Lipinski definition) is 3. The van der Waals surface area contributed by atoms with Gasteiger partial charge in [0.05, 0.1) is 24.9 Å². The molecule has 3 N–H and O–H groups in total. The summed E-state index contributed by atoms with van der Waals surface area (Å²) in [5.74, 6) is 0.319. The Morgan fingerprint density at radius 2 is 1.89 bits per heavy atom. The van der Waals surface area contributed by atoms with Crippen LogP contribution in [0.5, 0.6) is 0 Å². The second-order valence-electron chi connectivity index (χ2n) is 3.87. The molecule has 0 fully saturated rings. The standard InChI is InChI=1S/C12H18N4O2/c1-3-9-10(5-13)12(14-8(6-17)7-18)16-15-11(9)4-2/h8,17-18H,3-4,6-7H2,1-2H3,(H,14,16). The molecule has 0 saturated carbocycles. The maximum atomic E-state index is 9.23. The van der Waals surface area contributed by atoms with E-state index in [1.807, 2.05) is 13.8 Å². The quantitative estimate of drug-likeness (QED) is 0.668. The predicted octanol–water partition coefficient (Wildman–Crippen LogP) is 0.238. The third-order valence-corrected chi connectivity index (χ3v) is 2.74. The lowest BCUT2D eigenvalue weighted by Gasteiger charge is -2.16. The van der Waals surface area contributed by atoms with Gasteiger partial charge in [0.15, 0.2) is 5.82 Å². The molecule has 6 heteroatoms. The largest absolute Gasteiger partial charge is 0.394 e. The first kappa shape index (κ1) is 14.4. The Morgan fingerprint density at radius 1 is 1.22 bits per heavy atom. The second-order valence-corrected chi connectivity index (χ2v) is 3.87. The molecule has 1 aromatic rings. The molecule has 0 aliphatic carbocycles. The van der Waals surface area contributed by atoms with Crippen molar-refractivity contribution in [1.29, 1.82) is 5.26 Å². The van der Waals surface area contributed by atoms with Crippen LogP contribution in [0.3, 0.4) is 0 Å². The normalized spacial score (nSPS) is 10.4. The van der Waals surface area contributed by atoms with E-state index in [1.165, 1.54) is 0 Å². The van der Waals surface area contributed by atoms with Crippen molar-refractivity contribution in [2.45, 2.75) is 32.7 Å². The van der Waals surface area contributed by atoms with Gasteiger partial charge in [-0.1, -0.05) is 13.8 Å². The number of aromatic nitrogens is 2. The van der Waals surface area contributed by atoms with E-state index >= 15 is 0 Å². The lowest BCUT2D eigenvalue weighted by Crippen LogP contribution is -2.29. The molecular weight excluding hydrogens is 232 g/mol. The van der Waals surface area contributed by atoms with Crippen molar-refractivity contribution in [3.8, 4) is 6.07 Å². The highest BCUT2D eigenvalue weighted by atomic mass is 16.3. The Morgan fingerprint density at radius 3 is 2.33 bits per heavy atom. The van der Waals surface area contributed by atoms with Crippen LogP contribution in [-0.4, -0.2) is 39.7 Å². The fraction of sp³-hybridized carbons (Fsp3) is 0.583. The highest BCUT2D eigenvalue weighted by Crippen LogP contribution is 2.20. The summed E-state index contributed by atoms with van der Waals surface area (Å²) in [5, 5.41) is 38.1. The topological polar surface area (TPSA) is 102 Å². The fourth-order valence-corrected chi connectivity index (χ4v) is 1.74. The number of hydrogen-bond acceptors (Lipinski definition) is 6. The summed E-state index contributed by atoms with van der Waals surface area (Å²) in [4.78, 5) is 0. The number of nitrogens with one attached hydrogen (secondary N) is 1. The van der Waals surface area contributed by atoms with Crippen molar-refractivity contribution in [3.05, 3.63) is 16.8 Å². The summed E-state index contributed by atoms with van der Waals surface area (Å²) in [6, 6.07) is 1.58. The summed E-state index contributed by atoms with van der Waals surface area (Å²) in [6.07, 6.45) is 1.41. The van der Waals surface area contributed by atoms with Crippen LogP contribution in [0, 0.1) is 11.3 Å². The third-order valence-electron chi connectivity index (χ3n) is 2.74. The molecule has 18 heavy (non-hydrogen) atoms. The Balaban J connectivity index is 3.17. The van der Waals surface area contributed by atoms with Crippen molar-refractivity contribution in [1.82, 2.24) is 10.2 Å². The zero-order chi connectivity index (χ0) is 13.5. The average molecular weight is 250 g/mol. The monoisotopic (exact) mass is 250 g/mol. The van der Waals surface area contributed by atoms with E-state index in [9.17, 15) is 5.26 Å². The highest BCUT2D eigenvalue weighted by molar-refractivity contribution is 5.56. The number of nitrogens with zero attached hydrogens (tertiary/aromatic N) is 3.